The summed E-state index contributed by atoms with van der Waals surface area (Å²) >= 11 is 0. The summed E-state index contributed by atoms with van der Waals surface area (Å²) in [7, 11) is 0. The van der Waals surface area contributed by atoms with Gasteiger partial charge in [0.2, 0.25) is 0 Å². The molecule has 108 valence electrons. The van der Waals surface area contributed by atoms with Crippen molar-refractivity contribution in [2.75, 3.05) is 18.0 Å². The van der Waals surface area contributed by atoms with E-state index in [9.17, 15) is 4.79 Å². The SMILES string of the molecule is Cc1cc(N2CC(CN)OC2=O)ccc1-c1ccccc1. The van der Waals surface area contributed by atoms with Gasteiger partial charge in [0.05, 0.1) is 6.54 Å². The van der Waals surface area contributed by atoms with Crippen LogP contribution in [0.2, 0.25) is 0 Å². The first-order valence-electron chi connectivity index (χ1n) is 7.03. The molecule has 1 atom stereocenters. The third-order valence-corrected chi connectivity index (χ3v) is 3.74. The maximum absolute atomic E-state index is 11.9. The van der Waals surface area contributed by atoms with Crippen LogP contribution in [0.4, 0.5) is 10.5 Å². The molecule has 1 aliphatic heterocycles. The molecule has 4 heteroatoms. The number of nitrogens with zero attached hydrogens (tertiary/aromatic N) is 1. The maximum Gasteiger partial charge on any atom is 0.414 e. The number of amides is 1. The second-order valence-corrected chi connectivity index (χ2v) is 5.22. The zero-order chi connectivity index (χ0) is 14.8. The van der Waals surface area contributed by atoms with Crippen LogP contribution in [0.1, 0.15) is 5.56 Å². The molecule has 21 heavy (non-hydrogen) atoms. The lowest BCUT2D eigenvalue weighted by Gasteiger charge is -2.15. The van der Waals surface area contributed by atoms with Crippen molar-refractivity contribution >= 4 is 11.8 Å². The van der Waals surface area contributed by atoms with Gasteiger partial charge in [-0.15, -0.1) is 0 Å². The number of hydrogen-bond acceptors (Lipinski definition) is 3. The molecule has 1 heterocycles. The Kier molecular flexibility index (Phi) is 3.62. The molecule has 1 saturated heterocycles. The first-order valence-corrected chi connectivity index (χ1v) is 7.03. The van der Waals surface area contributed by atoms with Crippen molar-refractivity contribution in [2.45, 2.75) is 13.0 Å². The molecule has 1 fully saturated rings. The molecule has 2 aromatic rings. The monoisotopic (exact) mass is 282 g/mol. The molecule has 0 radical (unpaired) electrons. The zero-order valence-corrected chi connectivity index (χ0v) is 12.0. The topological polar surface area (TPSA) is 55.6 Å². The Morgan fingerprint density at radius 3 is 2.62 bits per heavy atom. The number of ether oxygens (including phenoxy) is 1. The fourth-order valence-corrected chi connectivity index (χ4v) is 2.61. The number of carbonyl (C=O) groups excluding carboxylic acids is 1. The molecule has 0 saturated carbocycles. The van der Waals surface area contributed by atoms with Crippen LogP contribution in [-0.2, 0) is 4.74 Å². The first kappa shape index (κ1) is 13.6. The van der Waals surface area contributed by atoms with Gasteiger partial charge in [-0.1, -0.05) is 36.4 Å². The van der Waals surface area contributed by atoms with Crippen LogP contribution < -0.4 is 10.6 Å². The van der Waals surface area contributed by atoms with Gasteiger partial charge in [-0.2, -0.15) is 0 Å². The van der Waals surface area contributed by atoms with Crippen LogP contribution in [0.15, 0.2) is 48.5 Å². The highest BCUT2D eigenvalue weighted by Gasteiger charge is 2.31. The standard InChI is InChI=1S/C17H18N2O2/c1-12-9-14(19-11-15(10-18)21-17(19)20)7-8-16(12)13-5-3-2-4-6-13/h2-9,15H,10-11,18H2,1H3. The Bertz CT molecular complexity index is 655. The fraction of sp³-hybridized carbons (Fsp3) is 0.235. The molecule has 1 amide bonds. The summed E-state index contributed by atoms with van der Waals surface area (Å²) in [5, 5.41) is 0. The number of rotatable bonds is 3. The van der Waals surface area contributed by atoms with Gasteiger partial charge in [-0.05, 0) is 35.7 Å². The molecule has 3 rings (SSSR count). The van der Waals surface area contributed by atoms with E-state index < -0.39 is 0 Å². The summed E-state index contributed by atoms with van der Waals surface area (Å²) < 4.78 is 5.19. The Balaban J connectivity index is 1.90. The maximum atomic E-state index is 11.9. The lowest BCUT2D eigenvalue weighted by molar-refractivity contribution is 0.145. The minimum atomic E-state index is -0.322. The van der Waals surface area contributed by atoms with Crippen molar-refractivity contribution in [3.63, 3.8) is 0 Å². The predicted molar refractivity (Wildman–Crippen MR) is 83.3 cm³/mol. The van der Waals surface area contributed by atoms with Crippen molar-refractivity contribution in [2.24, 2.45) is 5.73 Å². The van der Waals surface area contributed by atoms with E-state index in [-0.39, 0.29) is 12.2 Å². The number of benzene rings is 2. The summed E-state index contributed by atoms with van der Waals surface area (Å²) in [5.41, 5.74) is 9.89. The van der Waals surface area contributed by atoms with Crippen LogP contribution >= 0.6 is 0 Å². The van der Waals surface area contributed by atoms with E-state index in [1.165, 1.54) is 11.1 Å². The highest BCUT2D eigenvalue weighted by atomic mass is 16.6. The van der Waals surface area contributed by atoms with Gasteiger partial charge in [0.15, 0.2) is 0 Å². The van der Waals surface area contributed by atoms with E-state index >= 15 is 0 Å². The average Bonchev–Trinajstić information content (AvgIpc) is 2.89. The molecule has 2 N–H and O–H groups in total. The normalized spacial score (nSPS) is 17.9. The molecule has 0 aromatic heterocycles. The first-order chi connectivity index (χ1) is 10.2. The van der Waals surface area contributed by atoms with Gasteiger partial charge < -0.3 is 10.5 Å². The molecular weight excluding hydrogens is 264 g/mol. The van der Waals surface area contributed by atoms with E-state index in [0.717, 1.165) is 11.3 Å². The van der Waals surface area contributed by atoms with Crippen LogP contribution in [0.3, 0.4) is 0 Å². The number of hydrogen-bond donors (Lipinski definition) is 1. The lowest BCUT2D eigenvalue weighted by Crippen LogP contribution is -2.27. The fourth-order valence-electron chi connectivity index (χ4n) is 2.61. The molecule has 1 unspecified atom stereocenters. The lowest BCUT2D eigenvalue weighted by atomic mass is 10.00. The smallest absolute Gasteiger partial charge is 0.414 e. The van der Waals surface area contributed by atoms with Crippen LogP contribution in [0.5, 0.6) is 0 Å². The van der Waals surface area contributed by atoms with E-state index in [1.54, 1.807) is 4.90 Å². The third-order valence-electron chi connectivity index (χ3n) is 3.74. The molecule has 1 aliphatic rings. The summed E-state index contributed by atoms with van der Waals surface area (Å²) in [6, 6.07) is 16.2. The Labute approximate surface area is 124 Å². The number of nitrogens with two attached hydrogens (primary N) is 1. The quantitative estimate of drug-likeness (QED) is 0.941. The van der Waals surface area contributed by atoms with Crippen LogP contribution in [-0.4, -0.2) is 25.3 Å². The molecule has 4 nitrogen and oxygen atoms in total. The van der Waals surface area contributed by atoms with Crippen molar-refractivity contribution in [1.29, 1.82) is 0 Å². The summed E-state index contributed by atoms with van der Waals surface area (Å²) in [4.78, 5) is 13.5. The number of cyclic esters (lactones) is 1. The van der Waals surface area contributed by atoms with Crippen molar-refractivity contribution in [3.8, 4) is 11.1 Å². The van der Waals surface area contributed by atoms with Gasteiger partial charge in [0.1, 0.15) is 6.10 Å². The minimum Gasteiger partial charge on any atom is -0.443 e. The van der Waals surface area contributed by atoms with Gasteiger partial charge in [-0.3, -0.25) is 4.90 Å². The van der Waals surface area contributed by atoms with Gasteiger partial charge >= 0.3 is 6.09 Å². The molecule has 2 aromatic carbocycles. The van der Waals surface area contributed by atoms with Crippen molar-refractivity contribution < 1.29 is 9.53 Å². The summed E-state index contributed by atoms with van der Waals surface area (Å²) in [6.45, 7) is 2.91. The second-order valence-electron chi connectivity index (χ2n) is 5.22. The third kappa shape index (κ3) is 2.62. The largest absolute Gasteiger partial charge is 0.443 e. The number of carbonyl (C=O) groups is 1. The van der Waals surface area contributed by atoms with E-state index in [1.807, 2.05) is 43.3 Å². The van der Waals surface area contributed by atoms with E-state index in [2.05, 4.69) is 12.1 Å². The zero-order valence-electron chi connectivity index (χ0n) is 12.0. The minimum absolute atomic E-state index is 0.216. The van der Waals surface area contributed by atoms with Crippen molar-refractivity contribution in [3.05, 3.63) is 54.1 Å². The summed E-state index contributed by atoms with van der Waals surface area (Å²) in [6.07, 6.45) is -0.538. The molecule has 0 spiro atoms. The molecular formula is C17H18N2O2. The number of aryl methyl sites for hydroxylation is 1. The molecule has 0 bridgehead atoms. The van der Waals surface area contributed by atoms with Crippen LogP contribution in [0.25, 0.3) is 11.1 Å². The van der Waals surface area contributed by atoms with Crippen molar-refractivity contribution in [1.82, 2.24) is 0 Å². The summed E-state index contributed by atoms with van der Waals surface area (Å²) in [5.74, 6) is 0. The van der Waals surface area contributed by atoms with Gasteiger partial charge in [0, 0.05) is 12.2 Å². The predicted octanol–water partition coefficient (Wildman–Crippen LogP) is 2.95. The van der Waals surface area contributed by atoms with Crippen LogP contribution in [0, 0.1) is 6.92 Å². The highest BCUT2D eigenvalue weighted by Crippen LogP contribution is 2.29. The van der Waals surface area contributed by atoms with Gasteiger partial charge in [-0.25, -0.2) is 4.79 Å². The molecule has 0 aliphatic carbocycles. The Morgan fingerprint density at radius 2 is 2.00 bits per heavy atom. The number of anilines is 1. The average molecular weight is 282 g/mol. The Hall–Kier alpha value is -2.33. The highest BCUT2D eigenvalue weighted by molar-refractivity contribution is 5.90. The van der Waals surface area contributed by atoms with E-state index in [0.29, 0.717) is 13.1 Å². The second kappa shape index (κ2) is 5.58. The Morgan fingerprint density at radius 1 is 1.24 bits per heavy atom. The van der Waals surface area contributed by atoms with E-state index in [4.69, 9.17) is 10.5 Å². The van der Waals surface area contributed by atoms with Gasteiger partial charge in [0.25, 0.3) is 0 Å².